The number of pyridine rings is 1. The number of ether oxygens (including phenoxy) is 1. The normalized spacial score (nSPS) is 12.3. The Morgan fingerprint density at radius 2 is 2.24 bits per heavy atom. The van der Waals surface area contributed by atoms with Crippen LogP contribution >= 0.6 is 0 Å². The van der Waals surface area contributed by atoms with Gasteiger partial charge in [0, 0.05) is 11.8 Å². The van der Waals surface area contributed by atoms with Crippen molar-refractivity contribution in [2.45, 2.75) is 19.4 Å². The first-order valence-corrected chi connectivity index (χ1v) is 5.63. The third-order valence-electron chi connectivity index (χ3n) is 2.53. The highest BCUT2D eigenvalue weighted by Crippen LogP contribution is 2.25. The second-order valence-corrected chi connectivity index (χ2v) is 4.02. The summed E-state index contributed by atoms with van der Waals surface area (Å²) in [6.45, 7) is 5.71. The summed E-state index contributed by atoms with van der Waals surface area (Å²) in [5.41, 5.74) is 6.51. The highest BCUT2D eigenvalue weighted by atomic mass is 16.5. The molecule has 0 aliphatic rings. The molecule has 1 heterocycles. The van der Waals surface area contributed by atoms with Gasteiger partial charge >= 0.3 is 0 Å². The van der Waals surface area contributed by atoms with E-state index >= 15 is 0 Å². The van der Waals surface area contributed by atoms with Gasteiger partial charge in [-0.2, -0.15) is 0 Å². The van der Waals surface area contributed by atoms with Crippen molar-refractivity contribution >= 4 is 16.7 Å². The summed E-state index contributed by atoms with van der Waals surface area (Å²) < 4.78 is 5.83. The third-order valence-corrected chi connectivity index (χ3v) is 2.53. The van der Waals surface area contributed by atoms with E-state index in [0.29, 0.717) is 5.82 Å². The number of hydrogen-bond acceptors (Lipinski definition) is 3. The number of para-hydroxylation sites is 1. The fourth-order valence-corrected chi connectivity index (χ4v) is 1.73. The van der Waals surface area contributed by atoms with Crippen LogP contribution in [-0.2, 0) is 0 Å². The molecule has 2 aromatic rings. The molecule has 1 unspecified atom stereocenters. The predicted octanol–water partition coefficient (Wildman–Crippen LogP) is 3.16. The van der Waals surface area contributed by atoms with Crippen molar-refractivity contribution in [3.63, 3.8) is 0 Å². The zero-order chi connectivity index (χ0) is 12.3. The maximum absolute atomic E-state index is 5.83. The van der Waals surface area contributed by atoms with Crippen LogP contribution in [0.4, 0.5) is 5.82 Å². The zero-order valence-corrected chi connectivity index (χ0v) is 9.89. The Morgan fingerprint density at radius 3 is 3.00 bits per heavy atom. The molecule has 0 amide bonds. The molecule has 1 aromatic heterocycles. The summed E-state index contributed by atoms with van der Waals surface area (Å²) in [6, 6.07) is 9.60. The van der Waals surface area contributed by atoms with Crippen LogP contribution in [0.5, 0.6) is 5.75 Å². The lowest BCUT2D eigenvalue weighted by molar-refractivity contribution is 0.228. The Bertz CT molecular complexity index is 537. The maximum Gasteiger partial charge on any atom is 0.146 e. The minimum Gasteiger partial charge on any atom is -0.488 e. The molecule has 88 valence electrons. The first-order valence-electron chi connectivity index (χ1n) is 5.63. The molecule has 0 aliphatic heterocycles. The van der Waals surface area contributed by atoms with E-state index in [1.807, 2.05) is 37.3 Å². The monoisotopic (exact) mass is 228 g/mol. The topological polar surface area (TPSA) is 48.1 Å². The molecule has 0 spiro atoms. The van der Waals surface area contributed by atoms with Crippen LogP contribution in [0.2, 0.25) is 0 Å². The number of nitrogen functional groups attached to an aromatic ring is 1. The van der Waals surface area contributed by atoms with E-state index in [1.54, 1.807) is 6.07 Å². The smallest absolute Gasteiger partial charge is 0.146 e. The standard InChI is InChI=1S/C14H16N2O/c1-3-5-10(2)17-12-7-4-6-11-8-9-13(15)16-14(11)12/h3-4,6-10H,1,5H2,2H3,(H2,15,16). The molecule has 0 bridgehead atoms. The minimum absolute atomic E-state index is 0.0846. The van der Waals surface area contributed by atoms with E-state index in [1.165, 1.54) is 0 Å². The molecular weight excluding hydrogens is 212 g/mol. The van der Waals surface area contributed by atoms with Crippen molar-refractivity contribution in [3.05, 3.63) is 43.0 Å². The third kappa shape index (κ3) is 2.56. The second kappa shape index (κ2) is 4.87. The number of nitrogens with two attached hydrogens (primary N) is 1. The van der Waals surface area contributed by atoms with Crippen LogP contribution in [0.15, 0.2) is 43.0 Å². The Labute approximate surface area is 101 Å². The molecule has 0 fully saturated rings. The first kappa shape index (κ1) is 11.5. The van der Waals surface area contributed by atoms with Gasteiger partial charge in [-0.05, 0) is 25.1 Å². The average molecular weight is 228 g/mol. The Balaban J connectivity index is 2.39. The lowest BCUT2D eigenvalue weighted by atomic mass is 10.2. The van der Waals surface area contributed by atoms with Crippen LogP contribution in [0.25, 0.3) is 10.9 Å². The maximum atomic E-state index is 5.83. The van der Waals surface area contributed by atoms with Gasteiger partial charge in [0.25, 0.3) is 0 Å². The van der Waals surface area contributed by atoms with Crippen molar-refractivity contribution in [2.75, 3.05) is 5.73 Å². The number of anilines is 1. The minimum atomic E-state index is 0.0846. The van der Waals surface area contributed by atoms with Crippen LogP contribution in [-0.4, -0.2) is 11.1 Å². The molecule has 0 saturated heterocycles. The molecule has 1 aromatic carbocycles. The predicted molar refractivity (Wildman–Crippen MR) is 71.1 cm³/mol. The van der Waals surface area contributed by atoms with Crippen molar-refractivity contribution in [1.29, 1.82) is 0 Å². The van der Waals surface area contributed by atoms with Crippen molar-refractivity contribution in [3.8, 4) is 5.75 Å². The number of aromatic nitrogens is 1. The molecule has 2 N–H and O–H groups in total. The van der Waals surface area contributed by atoms with Crippen LogP contribution < -0.4 is 10.5 Å². The SMILES string of the molecule is C=CCC(C)Oc1cccc2ccc(N)nc12. The first-order chi connectivity index (χ1) is 8.20. The van der Waals surface area contributed by atoms with Gasteiger partial charge in [0.2, 0.25) is 0 Å². The largest absolute Gasteiger partial charge is 0.488 e. The molecular formula is C14H16N2O. The molecule has 3 nitrogen and oxygen atoms in total. The molecule has 0 radical (unpaired) electrons. The number of benzene rings is 1. The highest BCUT2D eigenvalue weighted by Gasteiger charge is 2.07. The van der Waals surface area contributed by atoms with E-state index in [-0.39, 0.29) is 6.10 Å². The lowest BCUT2D eigenvalue weighted by Gasteiger charge is -2.14. The van der Waals surface area contributed by atoms with Crippen molar-refractivity contribution < 1.29 is 4.74 Å². The van der Waals surface area contributed by atoms with Gasteiger partial charge in [-0.1, -0.05) is 18.2 Å². The van der Waals surface area contributed by atoms with Gasteiger partial charge in [0.15, 0.2) is 0 Å². The van der Waals surface area contributed by atoms with Gasteiger partial charge in [0.1, 0.15) is 17.1 Å². The van der Waals surface area contributed by atoms with Gasteiger partial charge in [0.05, 0.1) is 6.10 Å². The van der Waals surface area contributed by atoms with Gasteiger partial charge in [-0.25, -0.2) is 4.98 Å². The highest BCUT2D eigenvalue weighted by molar-refractivity contribution is 5.85. The summed E-state index contributed by atoms with van der Waals surface area (Å²) in [5, 5.41) is 1.03. The molecule has 0 aliphatic carbocycles. The molecule has 1 atom stereocenters. The summed E-state index contributed by atoms with van der Waals surface area (Å²) in [4.78, 5) is 4.32. The summed E-state index contributed by atoms with van der Waals surface area (Å²) in [6.07, 6.45) is 2.73. The fourth-order valence-electron chi connectivity index (χ4n) is 1.73. The van der Waals surface area contributed by atoms with E-state index < -0.39 is 0 Å². The number of hydrogen-bond donors (Lipinski definition) is 1. The summed E-state index contributed by atoms with van der Waals surface area (Å²) >= 11 is 0. The van der Waals surface area contributed by atoms with Gasteiger partial charge in [-0.15, -0.1) is 6.58 Å². The number of fused-ring (bicyclic) bond motifs is 1. The van der Waals surface area contributed by atoms with E-state index in [4.69, 9.17) is 10.5 Å². The molecule has 17 heavy (non-hydrogen) atoms. The Kier molecular flexibility index (Phi) is 3.28. The van der Waals surface area contributed by atoms with Crippen molar-refractivity contribution in [2.24, 2.45) is 0 Å². The molecule has 2 rings (SSSR count). The fraction of sp³-hybridized carbons (Fsp3) is 0.214. The summed E-state index contributed by atoms with van der Waals surface area (Å²) in [7, 11) is 0. The van der Waals surface area contributed by atoms with Crippen LogP contribution in [0.1, 0.15) is 13.3 Å². The quantitative estimate of drug-likeness (QED) is 0.818. The van der Waals surface area contributed by atoms with E-state index in [9.17, 15) is 0 Å². The van der Waals surface area contributed by atoms with E-state index in [0.717, 1.165) is 23.1 Å². The van der Waals surface area contributed by atoms with E-state index in [2.05, 4.69) is 11.6 Å². The Morgan fingerprint density at radius 1 is 1.41 bits per heavy atom. The number of nitrogens with zero attached hydrogens (tertiary/aromatic N) is 1. The Hall–Kier alpha value is -2.03. The van der Waals surface area contributed by atoms with Crippen LogP contribution in [0.3, 0.4) is 0 Å². The molecule has 3 heteroatoms. The van der Waals surface area contributed by atoms with Crippen molar-refractivity contribution in [1.82, 2.24) is 4.98 Å². The molecule has 0 saturated carbocycles. The average Bonchev–Trinajstić information content (AvgIpc) is 2.30. The van der Waals surface area contributed by atoms with Gasteiger partial charge in [-0.3, -0.25) is 0 Å². The second-order valence-electron chi connectivity index (χ2n) is 4.02. The van der Waals surface area contributed by atoms with Crippen LogP contribution in [0, 0.1) is 0 Å². The lowest BCUT2D eigenvalue weighted by Crippen LogP contribution is -2.10. The number of rotatable bonds is 4. The van der Waals surface area contributed by atoms with Gasteiger partial charge < -0.3 is 10.5 Å². The zero-order valence-electron chi connectivity index (χ0n) is 9.89. The summed E-state index contributed by atoms with van der Waals surface area (Å²) in [5.74, 6) is 1.27.